The van der Waals surface area contributed by atoms with Crippen molar-refractivity contribution in [2.45, 2.75) is 56.9 Å². The van der Waals surface area contributed by atoms with Crippen LogP contribution in [0.3, 0.4) is 0 Å². The van der Waals surface area contributed by atoms with Crippen molar-refractivity contribution in [1.82, 2.24) is 19.4 Å². The van der Waals surface area contributed by atoms with Gasteiger partial charge in [0.05, 0.1) is 12.2 Å². The third kappa shape index (κ3) is 4.45. The molecule has 0 bridgehead atoms. The van der Waals surface area contributed by atoms with Gasteiger partial charge in [-0.3, -0.25) is 19.1 Å². The van der Waals surface area contributed by atoms with Crippen LogP contribution in [0.15, 0.2) is 41.2 Å². The van der Waals surface area contributed by atoms with Crippen LogP contribution in [-0.4, -0.2) is 58.0 Å². The average Bonchev–Trinajstić information content (AvgIpc) is 3.40. The van der Waals surface area contributed by atoms with Crippen molar-refractivity contribution >= 4 is 5.91 Å². The molecule has 3 aliphatic heterocycles. The number of benzene rings is 1. The number of carbonyl (C=O) groups excluding carboxylic acids is 1. The van der Waals surface area contributed by atoms with Crippen molar-refractivity contribution in [3.05, 3.63) is 63.8 Å². The zero-order valence-corrected chi connectivity index (χ0v) is 18.2. The van der Waals surface area contributed by atoms with Gasteiger partial charge in [-0.2, -0.15) is 0 Å². The van der Waals surface area contributed by atoms with Crippen molar-refractivity contribution in [2.75, 3.05) is 32.7 Å². The molecule has 4 heterocycles. The molecule has 6 nitrogen and oxygen atoms in total. The second-order valence-electron chi connectivity index (χ2n) is 9.35. The molecule has 2 saturated heterocycles. The Bertz CT molecular complexity index is 987. The first-order valence-electron chi connectivity index (χ1n) is 11.8. The standard InChI is InChI=1S/C25H32N4O2/c30-24-15-22(26-23-9-5-2-6-12-29(23)24)21-10-13-27(16-21)18-25(31)28-14-11-20(17-28)19-7-3-1-4-8-19/h1,3-4,7-8,15,20-21H,2,5-6,9-14,16-18H2/t20-,21-/m1/s1. The number of hydrogen-bond acceptors (Lipinski definition) is 4. The van der Waals surface area contributed by atoms with E-state index in [-0.39, 0.29) is 17.4 Å². The molecule has 5 rings (SSSR count). The zero-order valence-electron chi connectivity index (χ0n) is 18.2. The van der Waals surface area contributed by atoms with Crippen molar-refractivity contribution in [3.63, 3.8) is 0 Å². The van der Waals surface area contributed by atoms with E-state index >= 15 is 0 Å². The molecular weight excluding hydrogens is 388 g/mol. The van der Waals surface area contributed by atoms with Gasteiger partial charge in [-0.1, -0.05) is 36.8 Å². The maximum atomic E-state index is 12.9. The molecule has 0 saturated carbocycles. The van der Waals surface area contributed by atoms with E-state index < -0.39 is 0 Å². The molecule has 31 heavy (non-hydrogen) atoms. The summed E-state index contributed by atoms with van der Waals surface area (Å²) < 4.78 is 1.86. The number of likely N-dealkylation sites (tertiary alicyclic amines) is 2. The highest BCUT2D eigenvalue weighted by Crippen LogP contribution is 2.29. The van der Waals surface area contributed by atoms with Crippen molar-refractivity contribution < 1.29 is 4.79 Å². The smallest absolute Gasteiger partial charge is 0.253 e. The maximum absolute atomic E-state index is 12.9. The predicted octanol–water partition coefficient (Wildman–Crippen LogP) is 2.78. The van der Waals surface area contributed by atoms with Crippen LogP contribution in [0.4, 0.5) is 0 Å². The molecule has 2 atom stereocenters. The van der Waals surface area contributed by atoms with Gasteiger partial charge in [0.25, 0.3) is 5.56 Å². The van der Waals surface area contributed by atoms with Gasteiger partial charge in [-0.05, 0) is 37.8 Å². The first-order valence-corrected chi connectivity index (χ1v) is 11.8. The predicted molar refractivity (Wildman–Crippen MR) is 120 cm³/mol. The Labute approximate surface area is 183 Å². The van der Waals surface area contributed by atoms with Gasteiger partial charge in [-0.15, -0.1) is 0 Å². The fourth-order valence-corrected chi connectivity index (χ4v) is 5.44. The Balaban J connectivity index is 1.19. The van der Waals surface area contributed by atoms with Crippen LogP contribution in [0, 0.1) is 0 Å². The summed E-state index contributed by atoms with van der Waals surface area (Å²) in [5.74, 6) is 1.89. The van der Waals surface area contributed by atoms with E-state index in [1.165, 1.54) is 12.0 Å². The fraction of sp³-hybridized carbons (Fsp3) is 0.560. The van der Waals surface area contributed by atoms with Crippen molar-refractivity contribution in [3.8, 4) is 0 Å². The number of fused-ring (bicyclic) bond motifs is 1. The molecular formula is C25H32N4O2. The van der Waals surface area contributed by atoms with Crippen LogP contribution in [0.5, 0.6) is 0 Å². The van der Waals surface area contributed by atoms with Crippen LogP contribution in [0.2, 0.25) is 0 Å². The summed E-state index contributed by atoms with van der Waals surface area (Å²) >= 11 is 0. The largest absolute Gasteiger partial charge is 0.341 e. The summed E-state index contributed by atoms with van der Waals surface area (Å²) in [6.07, 6.45) is 6.25. The summed E-state index contributed by atoms with van der Waals surface area (Å²) in [5, 5.41) is 0. The summed E-state index contributed by atoms with van der Waals surface area (Å²) in [4.78, 5) is 34.7. The van der Waals surface area contributed by atoms with E-state index in [0.717, 1.165) is 76.3 Å². The van der Waals surface area contributed by atoms with Crippen molar-refractivity contribution in [1.29, 1.82) is 0 Å². The number of hydrogen-bond donors (Lipinski definition) is 0. The second-order valence-corrected chi connectivity index (χ2v) is 9.35. The number of carbonyl (C=O) groups is 1. The first kappa shape index (κ1) is 20.4. The van der Waals surface area contributed by atoms with Gasteiger partial charge in [0, 0.05) is 50.5 Å². The third-order valence-corrected chi connectivity index (χ3v) is 7.25. The number of nitrogens with zero attached hydrogens (tertiary/aromatic N) is 4. The van der Waals surface area contributed by atoms with Crippen LogP contribution in [-0.2, 0) is 17.8 Å². The van der Waals surface area contributed by atoms with E-state index in [1.807, 2.05) is 15.5 Å². The summed E-state index contributed by atoms with van der Waals surface area (Å²) in [6.45, 7) is 4.65. The van der Waals surface area contributed by atoms with Crippen LogP contribution < -0.4 is 5.56 Å². The molecule has 1 amide bonds. The lowest BCUT2D eigenvalue weighted by molar-refractivity contribution is -0.131. The fourth-order valence-electron chi connectivity index (χ4n) is 5.44. The Morgan fingerprint density at radius 1 is 0.968 bits per heavy atom. The topological polar surface area (TPSA) is 58.4 Å². The Kier molecular flexibility index (Phi) is 5.90. The molecule has 164 valence electrons. The van der Waals surface area contributed by atoms with Crippen LogP contribution in [0.25, 0.3) is 0 Å². The molecule has 0 radical (unpaired) electrons. The molecule has 2 aromatic rings. The van der Waals surface area contributed by atoms with Gasteiger partial charge in [0.15, 0.2) is 0 Å². The van der Waals surface area contributed by atoms with E-state index in [2.05, 4.69) is 29.2 Å². The Morgan fingerprint density at radius 3 is 2.68 bits per heavy atom. The Morgan fingerprint density at radius 2 is 1.81 bits per heavy atom. The summed E-state index contributed by atoms with van der Waals surface area (Å²) in [6, 6.07) is 12.3. The highest BCUT2D eigenvalue weighted by molar-refractivity contribution is 5.78. The minimum Gasteiger partial charge on any atom is -0.341 e. The molecule has 1 aromatic carbocycles. The lowest BCUT2D eigenvalue weighted by Crippen LogP contribution is -2.38. The lowest BCUT2D eigenvalue weighted by Gasteiger charge is -2.21. The normalized spacial score (nSPS) is 24.2. The SMILES string of the molecule is O=C(CN1CC[C@@H](c2cc(=O)n3c(n2)CCCCC3)C1)N1CC[C@@H](c2ccccc2)C1. The van der Waals surface area contributed by atoms with E-state index in [1.54, 1.807) is 6.07 Å². The minimum absolute atomic E-state index is 0.0976. The molecule has 6 heteroatoms. The number of aryl methyl sites for hydroxylation is 1. The van der Waals surface area contributed by atoms with E-state index in [4.69, 9.17) is 4.98 Å². The van der Waals surface area contributed by atoms with Crippen LogP contribution in [0.1, 0.15) is 61.0 Å². The Hall–Kier alpha value is -2.47. The number of rotatable bonds is 4. The molecule has 1 aromatic heterocycles. The van der Waals surface area contributed by atoms with Gasteiger partial charge in [-0.25, -0.2) is 4.98 Å². The number of aromatic nitrogens is 2. The van der Waals surface area contributed by atoms with E-state index in [0.29, 0.717) is 12.5 Å². The second kappa shape index (κ2) is 8.95. The van der Waals surface area contributed by atoms with Gasteiger partial charge in [0.2, 0.25) is 5.91 Å². The molecule has 0 N–H and O–H groups in total. The maximum Gasteiger partial charge on any atom is 0.253 e. The average molecular weight is 421 g/mol. The third-order valence-electron chi connectivity index (χ3n) is 7.25. The lowest BCUT2D eigenvalue weighted by atomic mass is 9.99. The van der Waals surface area contributed by atoms with Crippen LogP contribution >= 0.6 is 0 Å². The highest BCUT2D eigenvalue weighted by atomic mass is 16.2. The van der Waals surface area contributed by atoms with E-state index in [9.17, 15) is 9.59 Å². The number of amides is 1. The summed E-state index contributed by atoms with van der Waals surface area (Å²) in [5.41, 5.74) is 2.36. The molecule has 2 fully saturated rings. The minimum atomic E-state index is 0.0976. The zero-order chi connectivity index (χ0) is 21.2. The summed E-state index contributed by atoms with van der Waals surface area (Å²) in [7, 11) is 0. The molecule has 3 aliphatic rings. The van der Waals surface area contributed by atoms with Crippen molar-refractivity contribution in [2.24, 2.45) is 0 Å². The van der Waals surface area contributed by atoms with Gasteiger partial charge >= 0.3 is 0 Å². The van der Waals surface area contributed by atoms with Gasteiger partial charge < -0.3 is 4.90 Å². The quantitative estimate of drug-likeness (QED) is 0.763. The highest BCUT2D eigenvalue weighted by Gasteiger charge is 2.31. The van der Waals surface area contributed by atoms with Gasteiger partial charge in [0.1, 0.15) is 5.82 Å². The first-order chi connectivity index (χ1) is 15.2. The molecule has 0 aliphatic carbocycles. The molecule has 0 spiro atoms. The monoisotopic (exact) mass is 420 g/mol. The molecule has 0 unspecified atom stereocenters.